The smallest absolute Gasteiger partial charge is 0.233 e. The number of carbonyl (C=O) groups excluding carboxylic acids is 1. The highest BCUT2D eigenvalue weighted by molar-refractivity contribution is 9.10. The zero-order valence-corrected chi connectivity index (χ0v) is 14.5. The quantitative estimate of drug-likeness (QED) is 0.623. The molecular formula is C14H19BrN2OS2. The van der Waals surface area contributed by atoms with Gasteiger partial charge in [0.25, 0.3) is 0 Å². The van der Waals surface area contributed by atoms with E-state index in [1.165, 1.54) is 0 Å². The molecule has 1 aliphatic carbocycles. The Morgan fingerprint density at radius 1 is 1.40 bits per heavy atom. The highest BCUT2D eigenvalue weighted by Gasteiger charge is 2.41. The molecule has 6 heteroatoms. The zero-order chi connectivity index (χ0) is 14.6. The van der Waals surface area contributed by atoms with Gasteiger partial charge in [-0.2, -0.15) is 0 Å². The summed E-state index contributed by atoms with van der Waals surface area (Å²) in [6.07, 6.45) is 5.93. The van der Waals surface area contributed by atoms with Crippen LogP contribution in [0.25, 0.3) is 0 Å². The molecule has 1 saturated carbocycles. The molecule has 0 radical (unpaired) electrons. The second kappa shape index (κ2) is 7.00. The molecule has 1 aromatic rings. The van der Waals surface area contributed by atoms with Gasteiger partial charge in [-0.15, -0.1) is 11.3 Å². The number of amides is 1. The van der Waals surface area contributed by atoms with E-state index in [-0.39, 0.29) is 5.91 Å². The van der Waals surface area contributed by atoms with Crippen molar-refractivity contribution < 1.29 is 4.79 Å². The molecule has 110 valence electrons. The van der Waals surface area contributed by atoms with Crippen LogP contribution in [0, 0.1) is 5.41 Å². The Bertz CT molecular complexity index is 493. The Morgan fingerprint density at radius 3 is 2.55 bits per heavy atom. The Hall–Kier alpha value is -0.460. The lowest BCUT2D eigenvalue weighted by molar-refractivity contribution is -0.128. The van der Waals surface area contributed by atoms with Crippen LogP contribution in [0.1, 0.15) is 43.4 Å². The molecule has 0 saturated heterocycles. The lowest BCUT2D eigenvalue weighted by Crippen LogP contribution is -2.48. The Labute approximate surface area is 137 Å². The monoisotopic (exact) mass is 374 g/mol. The standard InChI is InChI=1S/C14H19BrN2OS2/c15-10-7-11(20-9-10)8-17-13(18)14(12(16)19)5-3-1-2-4-6-14/h7,9H,1-6,8H2,(H2,16,19)(H,17,18). The van der Waals surface area contributed by atoms with E-state index < -0.39 is 5.41 Å². The largest absolute Gasteiger partial charge is 0.392 e. The molecule has 0 aromatic carbocycles. The third-order valence-electron chi connectivity index (χ3n) is 3.91. The molecule has 3 nitrogen and oxygen atoms in total. The van der Waals surface area contributed by atoms with Gasteiger partial charge in [0.2, 0.25) is 5.91 Å². The average Bonchev–Trinajstić information content (AvgIpc) is 2.68. The van der Waals surface area contributed by atoms with Crippen LogP contribution in [0.5, 0.6) is 0 Å². The fourth-order valence-electron chi connectivity index (χ4n) is 2.70. The number of rotatable bonds is 4. The van der Waals surface area contributed by atoms with Gasteiger partial charge in [-0.3, -0.25) is 4.79 Å². The van der Waals surface area contributed by atoms with Crippen molar-refractivity contribution in [2.24, 2.45) is 11.1 Å². The summed E-state index contributed by atoms with van der Waals surface area (Å²) in [7, 11) is 0. The van der Waals surface area contributed by atoms with E-state index in [9.17, 15) is 4.79 Å². The van der Waals surface area contributed by atoms with Crippen LogP contribution in [0.3, 0.4) is 0 Å². The van der Waals surface area contributed by atoms with Gasteiger partial charge in [0, 0.05) is 14.7 Å². The van der Waals surface area contributed by atoms with Gasteiger partial charge in [-0.05, 0) is 34.8 Å². The van der Waals surface area contributed by atoms with Crippen molar-refractivity contribution in [1.29, 1.82) is 0 Å². The van der Waals surface area contributed by atoms with Crippen molar-refractivity contribution in [3.63, 3.8) is 0 Å². The number of halogens is 1. The molecule has 1 aromatic heterocycles. The van der Waals surface area contributed by atoms with Gasteiger partial charge in [-0.25, -0.2) is 0 Å². The lowest BCUT2D eigenvalue weighted by Gasteiger charge is -2.30. The summed E-state index contributed by atoms with van der Waals surface area (Å²) in [5.74, 6) is -0.00331. The molecule has 1 heterocycles. The third kappa shape index (κ3) is 3.59. The fourth-order valence-corrected chi connectivity index (χ4v) is 4.39. The van der Waals surface area contributed by atoms with Crippen molar-refractivity contribution in [2.45, 2.75) is 45.1 Å². The number of thiophene rings is 1. The maximum Gasteiger partial charge on any atom is 0.233 e. The Kier molecular flexibility index (Phi) is 5.57. The Morgan fingerprint density at radius 2 is 2.05 bits per heavy atom. The first kappa shape index (κ1) is 15.9. The molecule has 1 amide bonds. The van der Waals surface area contributed by atoms with Gasteiger partial charge in [0.15, 0.2) is 0 Å². The molecule has 0 spiro atoms. The fraction of sp³-hybridized carbons (Fsp3) is 0.571. The summed E-state index contributed by atoms with van der Waals surface area (Å²) in [6, 6.07) is 2.02. The van der Waals surface area contributed by atoms with Crippen molar-refractivity contribution in [1.82, 2.24) is 5.32 Å². The van der Waals surface area contributed by atoms with E-state index in [1.54, 1.807) is 11.3 Å². The number of nitrogens with one attached hydrogen (secondary N) is 1. The highest BCUT2D eigenvalue weighted by Crippen LogP contribution is 2.36. The maximum atomic E-state index is 12.6. The number of hydrogen-bond donors (Lipinski definition) is 2. The van der Waals surface area contributed by atoms with Crippen LogP contribution < -0.4 is 11.1 Å². The van der Waals surface area contributed by atoms with Crippen LogP contribution >= 0.6 is 39.5 Å². The average molecular weight is 375 g/mol. The molecule has 1 fully saturated rings. The van der Waals surface area contributed by atoms with E-state index in [0.29, 0.717) is 11.5 Å². The zero-order valence-electron chi connectivity index (χ0n) is 11.3. The first-order chi connectivity index (χ1) is 9.54. The molecule has 0 bridgehead atoms. The summed E-state index contributed by atoms with van der Waals surface area (Å²) in [5, 5.41) is 5.03. The van der Waals surface area contributed by atoms with E-state index in [2.05, 4.69) is 21.2 Å². The number of thiocarbonyl (C=S) groups is 1. The second-order valence-corrected chi connectivity index (χ2v) is 7.63. The number of hydrogen-bond acceptors (Lipinski definition) is 3. The van der Waals surface area contributed by atoms with Crippen LogP contribution in [0.15, 0.2) is 15.9 Å². The SMILES string of the molecule is NC(=S)C1(C(=O)NCc2cc(Br)cs2)CCCCCC1. The predicted molar refractivity (Wildman–Crippen MR) is 90.8 cm³/mol. The highest BCUT2D eigenvalue weighted by atomic mass is 79.9. The molecular weight excluding hydrogens is 356 g/mol. The molecule has 1 aliphatic rings. The predicted octanol–water partition coefficient (Wildman–Crippen LogP) is 3.75. The van der Waals surface area contributed by atoms with Crippen molar-refractivity contribution in [3.8, 4) is 0 Å². The number of carbonyl (C=O) groups is 1. The second-order valence-electron chi connectivity index (χ2n) is 5.27. The minimum Gasteiger partial charge on any atom is -0.392 e. The summed E-state index contributed by atoms with van der Waals surface area (Å²) in [5.41, 5.74) is 5.27. The normalized spacial score (nSPS) is 18.2. The van der Waals surface area contributed by atoms with Crippen molar-refractivity contribution in [2.75, 3.05) is 0 Å². The van der Waals surface area contributed by atoms with E-state index in [0.717, 1.165) is 47.9 Å². The van der Waals surface area contributed by atoms with E-state index in [4.69, 9.17) is 18.0 Å². The lowest BCUT2D eigenvalue weighted by atomic mass is 9.79. The minimum atomic E-state index is -0.639. The first-order valence-corrected chi connectivity index (χ1v) is 8.94. The van der Waals surface area contributed by atoms with Gasteiger partial charge in [0.05, 0.1) is 16.9 Å². The molecule has 0 unspecified atom stereocenters. The van der Waals surface area contributed by atoms with Gasteiger partial charge < -0.3 is 11.1 Å². The minimum absolute atomic E-state index is 0.00331. The first-order valence-electron chi connectivity index (χ1n) is 6.86. The summed E-state index contributed by atoms with van der Waals surface area (Å²) >= 11 is 10.3. The summed E-state index contributed by atoms with van der Waals surface area (Å²) in [4.78, 5) is 14.1. The Balaban J connectivity index is 2.05. The molecule has 2 rings (SSSR count). The molecule has 3 N–H and O–H groups in total. The van der Waals surface area contributed by atoms with Crippen LogP contribution in [0.4, 0.5) is 0 Å². The van der Waals surface area contributed by atoms with E-state index in [1.807, 2.05) is 11.4 Å². The van der Waals surface area contributed by atoms with Crippen LogP contribution in [-0.2, 0) is 11.3 Å². The van der Waals surface area contributed by atoms with Gasteiger partial charge in [0.1, 0.15) is 0 Å². The van der Waals surface area contributed by atoms with Crippen molar-refractivity contribution in [3.05, 3.63) is 20.8 Å². The van der Waals surface area contributed by atoms with Gasteiger partial charge in [-0.1, -0.05) is 37.9 Å². The molecule has 0 aliphatic heterocycles. The number of nitrogens with two attached hydrogens (primary N) is 1. The van der Waals surface area contributed by atoms with Gasteiger partial charge >= 0.3 is 0 Å². The van der Waals surface area contributed by atoms with E-state index >= 15 is 0 Å². The summed E-state index contributed by atoms with van der Waals surface area (Å²) < 4.78 is 1.05. The molecule has 20 heavy (non-hydrogen) atoms. The van der Waals surface area contributed by atoms with Crippen LogP contribution in [-0.4, -0.2) is 10.9 Å². The van der Waals surface area contributed by atoms with Crippen molar-refractivity contribution >= 4 is 50.4 Å². The topological polar surface area (TPSA) is 55.1 Å². The molecule has 0 atom stereocenters. The third-order valence-corrected chi connectivity index (χ3v) is 6.00. The maximum absolute atomic E-state index is 12.6. The van der Waals surface area contributed by atoms with Crippen LogP contribution in [0.2, 0.25) is 0 Å². The summed E-state index contributed by atoms with van der Waals surface area (Å²) in [6.45, 7) is 0.541.